The molecular weight excluding hydrogens is 370 g/mol. The SMILES string of the molecule is Cc1cc(C)cc(C(=O)NCC(=O)NNC(=O)c2cc(-c3ccccc3)n[nH]2)c1. The molecule has 0 aliphatic heterocycles. The molecule has 0 unspecified atom stereocenters. The van der Waals surface area contributed by atoms with Crippen molar-refractivity contribution in [3.63, 3.8) is 0 Å². The van der Waals surface area contributed by atoms with Crippen molar-refractivity contribution in [2.24, 2.45) is 0 Å². The van der Waals surface area contributed by atoms with Crippen molar-refractivity contribution in [1.29, 1.82) is 0 Å². The Bertz CT molecular complexity index is 1020. The Morgan fingerprint density at radius 3 is 2.28 bits per heavy atom. The first-order valence-electron chi connectivity index (χ1n) is 8.99. The summed E-state index contributed by atoms with van der Waals surface area (Å²) in [6.45, 7) is 3.51. The quantitative estimate of drug-likeness (QED) is 0.497. The van der Waals surface area contributed by atoms with Gasteiger partial charge in [0.25, 0.3) is 17.7 Å². The van der Waals surface area contributed by atoms with Crippen LogP contribution in [0.15, 0.2) is 54.6 Å². The maximum atomic E-state index is 12.2. The lowest BCUT2D eigenvalue weighted by Gasteiger charge is -2.08. The van der Waals surface area contributed by atoms with Gasteiger partial charge in [0.15, 0.2) is 0 Å². The van der Waals surface area contributed by atoms with Gasteiger partial charge < -0.3 is 5.32 Å². The third kappa shape index (κ3) is 5.29. The molecule has 0 aliphatic carbocycles. The van der Waals surface area contributed by atoms with Gasteiger partial charge in [-0.2, -0.15) is 5.10 Å². The topological polar surface area (TPSA) is 116 Å². The van der Waals surface area contributed by atoms with Crippen molar-refractivity contribution in [2.45, 2.75) is 13.8 Å². The lowest BCUT2D eigenvalue weighted by molar-refractivity contribution is -0.120. The molecule has 2 aromatic carbocycles. The summed E-state index contributed by atoms with van der Waals surface area (Å²) in [4.78, 5) is 36.2. The first kappa shape index (κ1) is 19.8. The molecule has 1 aromatic heterocycles. The second-order valence-corrected chi connectivity index (χ2v) is 6.59. The monoisotopic (exact) mass is 391 g/mol. The average molecular weight is 391 g/mol. The zero-order valence-electron chi connectivity index (χ0n) is 16.1. The molecule has 0 fully saturated rings. The van der Waals surface area contributed by atoms with Crippen LogP contribution in [0, 0.1) is 13.8 Å². The van der Waals surface area contributed by atoms with Gasteiger partial charge in [0.05, 0.1) is 12.2 Å². The second kappa shape index (κ2) is 8.83. The molecule has 0 saturated heterocycles. The van der Waals surface area contributed by atoms with Crippen LogP contribution in [0.3, 0.4) is 0 Å². The third-order valence-electron chi connectivity index (χ3n) is 4.10. The Morgan fingerprint density at radius 2 is 1.59 bits per heavy atom. The van der Waals surface area contributed by atoms with Crippen LogP contribution < -0.4 is 16.2 Å². The molecule has 29 heavy (non-hydrogen) atoms. The number of nitrogens with one attached hydrogen (secondary N) is 4. The molecule has 148 valence electrons. The Balaban J connectivity index is 1.48. The molecule has 0 radical (unpaired) electrons. The van der Waals surface area contributed by atoms with E-state index in [1.807, 2.05) is 50.2 Å². The molecule has 8 heteroatoms. The highest BCUT2D eigenvalue weighted by molar-refractivity contribution is 5.98. The number of hydrogen-bond donors (Lipinski definition) is 4. The summed E-state index contributed by atoms with van der Waals surface area (Å²) in [5, 5.41) is 9.23. The number of carbonyl (C=O) groups excluding carboxylic acids is 3. The fraction of sp³-hybridized carbons (Fsp3) is 0.143. The fourth-order valence-electron chi connectivity index (χ4n) is 2.80. The van der Waals surface area contributed by atoms with Gasteiger partial charge in [-0.05, 0) is 32.0 Å². The summed E-state index contributed by atoms with van der Waals surface area (Å²) < 4.78 is 0. The molecule has 0 aliphatic rings. The van der Waals surface area contributed by atoms with Crippen molar-refractivity contribution < 1.29 is 14.4 Å². The van der Waals surface area contributed by atoms with E-state index in [0.29, 0.717) is 11.3 Å². The normalized spacial score (nSPS) is 10.3. The summed E-state index contributed by atoms with van der Waals surface area (Å²) in [6, 6.07) is 16.4. The predicted molar refractivity (Wildman–Crippen MR) is 108 cm³/mol. The molecule has 3 rings (SSSR count). The number of carbonyl (C=O) groups is 3. The highest BCUT2D eigenvalue weighted by Crippen LogP contribution is 2.16. The van der Waals surface area contributed by atoms with E-state index in [-0.39, 0.29) is 18.1 Å². The van der Waals surface area contributed by atoms with Crippen LogP contribution in [0.5, 0.6) is 0 Å². The van der Waals surface area contributed by atoms with E-state index in [1.54, 1.807) is 18.2 Å². The number of aromatic nitrogens is 2. The van der Waals surface area contributed by atoms with Gasteiger partial charge in [-0.3, -0.25) is 30.3 Å². The van der Waals surface area contributed by atoms with E-state index in [2.05, 4.69) is 26.4 Å². The first-order chi connectivity index (χ1) is 13.9. The molecule has 3 amide bonds. The zero-order valence-corrected chi connectivity index (χ0v) is 16.1. The van der Waals surface area contributed by atoms with Crippen molar-refractivity contribution in [1.82, 2.24) is 26.4 Å². The van der Waals surface area contributed by atoms with E-state index in [4.69, 9.17) is 0 Å². The van der Waals surface area contributed by atoms with Gasteiger partial charge in [-0.1, -0.05) is 47.5 Å². The Hall–Kier alpha value is -3.94. The van der Waals surface area contributed by atoms with Gasteiger partial charge in [-0.15, -0.1) is 0 Å². The molecule has 0 spiro atoms. The molecule has 3 aromatic rings. The summed E-state index contributed by atoms with van der Waals surface area (Å²) in [5.41, 5.74) is 8.61. The standard InChI is InChI=1S/C21H21N5O3/c1-13-8-14(2)10-16(9-13)20(28)22-12-19(27)25-26-21(29)18-11-17(23-24-18)15-6-4-3-5-7-15/h3-11H,12H2,1-2H3,(H,22,28)(H,23,24)(H,25,27)(H,26,29). The summed E-state index contributed by atoms with van der Waals surface area (Å²) >= 11 is 0. The summed E-state index contributed by atoms with van der Waals surface area (Å²) in [5.74, 6) is -1.47. The highest BCUT2D eigenvalue weighted by Gasteiger charge is 2.13. The number of nitrogens with zero attached hydrogens (tertiary/aromatic N) is 1. The van der Waals surface area contributed by atoms with Crippen LogP contribution in [0.25, 0.3) is 11.3 Å². The number of hydrogen-bond acceptors (Lipinski definition) is 4. The van der Waals surface area contributed by atoms with E-state index in [1.165, 1.54) is 0 Å². The minimum atomic E-state index is -0.557. The predicted octanol–water partition coefficient (Wildman–Crippen LogP) is 1.88. The summed E-state index contributed by atoms with van der Waals surface area (Å²) in [6.07, 6.45) is 0. The van der Waals surface area contributed by atoms with Crippen LogP contribution in [-0.2, 0) is 4.79 Å². The maximum Gasteiger partial charge on any atom is 0.287 e. The van der Waals surface area contributed by atoms with Crippen LogP contribution in [-0.4, -0.2) is 34.5 Å². The second-order valence-electron chi connectivity index (χ2n) is 6.59. The zero-order chi connectivity index (χ0) is 20.8. The molecule has 0 saturated carbocycles. The lowest BCUT2D eigenvalue weighted by Crippen LogP contribution is -2.46. The number of aromatic amines is 1. The van der Waals surface area contributed by atoms with Crippen molar-refractivity contribution in [3.8, 4) is 11.3 Å². The minimum absolute atomic E-state index is 0.198. The molecule has 1 heterocycles. The number of amides is 3. The molecule has 0 bridgehead atoms. The molecule has 8 nitrogen and oxygen atoms in total. The number of rotatable bonds is 5. The Kier molecular flexibility index (Phi) is 6.03. The first-order valence-corrected chi connectivity index (χ1v) is 8.99. The Morgan fingerprint density at radius 1 is 0.897 bits per heavy atom. The maximum absolute atomic E-state index is 12.2. The van der Waals surface area contributed by atoms with Gasteiger partial charge in [0.1, 0.15) is 5.69 Å². The van der Waals surface area contributed by atoms with Crippen molar-refractivity contribution in [2.75, 3.05) is 6.54 Å². The average Bonchev–Trinajstić information content (AvgIpc) is 3.20. The van der Waals surface area contributed by atoms with E-state index in [0.717, 1.165) is 16.7 Å². The number of benzene rings is 2. The van der Waals surface area contributed by atoms with Crippen molar-refractivity contribution in [3.05, 3.63) is 77.0 Å². The third-order valence-corrected chi connectivity index (χ3v) is 4.10. The van der Waals surface area contributed by atoms with Gasteiger partial charge in [0, 0.05) is 11.1 Å². The van der Waals surface area contributed by atoms with E-state index in [9.17, 15) is 14.4 Å². The van der Waals surface area contributed by atoms with Crippen LogP contribution in [0.4, 0.5) is 0 Å². The smallest absolute Gasteiger partial charge is 0.287 e. The van der Waals surface area contributed by atoms with Gasteiger partial charge in [0.2, 0.25) is 0 Å². The lowest BCUT2D eigenvalue weighted by atomic mass is 10.1. The van der Waals surface area contributed by atoms with Crippen LogP contribution in [0.2, 0.25) is 0 Å². The summed E-state index contributed by atoms with van der Waals surface area (Å²) in [7, 11) is 0. The highest BCUT2D eigenvalue weighted by atomic mass is 16.2. The van der Waals surface area contributed by atoms with Crippen molar-refractivity contribution >= 4 is 17.7 Å². The molecule has 4 N–H and O–H groups in total. The number of aryl methyl sites for hydroxylation is 2. The van der Waals surface area contributed by atoms with E-state index >= 15 is 0 Å². The number of hydrazine groups is 1. The van der Waals surface area contributed by atoms with Gasteiger partial charge in [-0.25, -0.2) is 0 Å². The van der Waals surface area contributed by atoms with Crippen LogP contribution >= 0.6 is 0 Å². The molecule has 0 atom stereocenters. The van der Waals surface area contributed by atoms with E-state index < -0.39 is 11.8 Å². The largest absolute Gasteiger partial charge is 0.343 e. The fourth-order valence-corrected chi connectivity index (χ4v) is 2.80. The minimum Gasteiger partial charge on any atom is -0.343 e. The Labute approximate surface area is 167 Å². The van der Waals surface area contributed by atoms with Crippen LogP contribution in [0.1, 0.15) is 32.0 Å². The number of H-pyrrole nitrogens is 1. The molecular formula is C21H21N5O3. The van der Waals surface area contributed by atoms with Gasteiger partial charge >= 0.3 is 0 Å².